The van der Waals surface area contributed by atoms with Crippen molar-refractivity contribution in [3.63, 3.8) is 0 Å². The number of carbonyl (C=O) groups excluding carboxylic acids is 1. The number of carboxylic acids is 1. The first kappa shape index (κ1) is 12.2. The van der Waals surface area contributed by atoms with E-state index in [0.29, 0.717) is 5.69 Å². The summed E-state index contributed by atoms with van der Waals surface area (Å²) in [6.07, 6.45) is 0. The third-order valence-electron chi connectivity index (χ3n) is 2.26. The first-order valence-corrected chi connectivity index (χ1v) is 4.84. The van der Waals surface area contributed by atoms with Gasteiger partial charge in [-0.15, -0.1) is 5.10 Å². The molecule has 0 saturated carbocycles. The lowest BCUT2D eigenvalue weighted by molar-refractivity contribution is -0.121. The topological polar surface area (TPSA) is 111 Å². The molecule has 3 N–H and O–H groups in total. The Balaban J connectivity index is 3.31. The van der Waals surface area contributed by atoms with Crippen LogP contribution in [0.4, 0.5) is 0 Å². The molecule has 1 atom stereocenters. The molecule has 0 fully saturated rings. The predicted octanol–water partition coefficient (Wildman–Crippen LogP) is 0.146. The summed E-state index contributed by atoms with van der Waals surface area (Å²) in [7, 11) is 0. The number of hydrogen-bond acceptors (Lipinski definition) is 4. The zero-order valence-corrected chi connectivity index (χ0v) is 9.34. The molecule has 0 aliphatic rings. The summed E-state index contributed by atoms with van der Waals surface area (Å²) in [4.78, 5) is 21.9. The number of carboxylic acid groups (broad SMARTS) is 1. The lowest BCUT2D eigenvalue weighted by atomic mass is 10.1. The molecular formula is C9H14N4O3. The van der Waals surface area contributed by atoms with E-state index in [4.69, 9.17) is 10.8 Å². The number of aromatic nitrogens is 3. The molecule has 0 aliphatic heterocycles. The monoisotopic (exact) mass is 226 g/mol. The van der Waals surface area contributed by atoms with E-state index in [1.54, 1.807) is 20.8 Å². The minimum atomic E-state index is -1.16. The molecule has 16 heavy (non-hydrogen) atoms. The maximum Gasteiger partial charge on any atom is 0.358 e. The molecule has 0 radical (unpaired) electrons. The fourth-order valence-electron chi connectivity index (χ4n) is 1.40. The molecule has 1 rings (SSSR count). The summed E-state index contributed by atoms with van der Waals surface area (Å²) >= 11 is 0. The molecule has 1 unspecified atom stereocenters. The Hall–Kier alpha value is -1.92. The molecule has 0 saturated heterocycles. The molecule has 1 amide bonds. The van der Waals surface area contributed by atoms with Gasteiger partial charge in [0.2, 0.25) is 5.91 Å². The minimum absolute atomic E-state index is 0.108. The van der Waals surface area contributed by atoms with Gasteiger partial charge in [-0.05, 0) is 12.8 Å². The van der Waals surface area contributed by atoms with E-state index in [2.05, 4.69) is 10.3 Å². The molecule has 1 aromatic rings. The van der Waals surface area contributed by atoms with Crippen LogP contribution in [0.3, 0.4) is 0 Å². The summed E-state index contributed by atoms with van der Waals surface area (Å²) in [5.74, 6) is -1.85. The number of amides is 1. The van der Waals surface area contributed by atoms with Gasteiger partial charge in [0, 0.05) is 0 Å². The van der Waals surface area contributed by atoms with Crippen molar-refractivity contribution in [2.45, 2.75) is 32.7 Å². The summed E-state index contributed by atoms with van der Waals surface area (Å²) in [6.45, 7) is 5.15. The number of hydrogen-bond donors (Lipinski definition) is 2. The van der Waals surface area contributed by atoms with Crippen LogP contribution in [0, 0.1) is 0 Å². The van der Waals surface area contributed by atoms with Crippen LogP contribution in [-0.2, 0) is 4.79 Å². The van der Waals surface area contributed by atoms with Crippen molar-refractivity contribution in [1.29, 1.82) is 0 Å². The third-order valence-corrected chi connectivity index (χ3v) is 2.26. The van der Waals surface area contributed by atoms with E-state index in [1.807, 2.05) is 0 Å². The van der Waals surface area contributed by atoms with Crippen molar-refractivity contribution in [2.75, 3.05) is 0 Å². The second-order valence-corrected chi connectivity index (χ2v) is 3.81. The molecule has 0 spiro atoms. The SMILES string of the molecule is CC(C)c1c(C(=O)O)nnn1C(C)C(N)=O. The first-order chi connectivity index (χ1) is 7.36. The smallest absolute Gasteiger partial charge is 0.358 e. The van der Waals surface area contributed by atoms with Gasteiger partial charge >= 0.3 is 5.97 Å². The van der Waals surface area contributed by atoms with Crippen LogP contribution in [-0.4, -0.2) is 32.0 Å². The zero-order chi connectivity index (χ0) is 12.5. The fourth-order valence-corrected chi connectivity index (χ4v) is 1.40. The Labute approximate surface area is 92.2 Å². The maximum atomic E-state index is 11.0. The molecule has 7 heteroatoms. The number of nitrogens with two attached hydrogens (primary N) is 1. The number of carbonyl (C=O) groups is 2. The summed E-state index contributed by atoms with van der Waals surface area (Å²) < 4.78 is 1.26. The van der Waals surface area contributed by atoms with Crippen LogP contribution in [0.25, 0.3) is 0 Å². The van der Waals surface area contributed by atoms with Crippen LogP contribution in [0.1, 0.15) is 48.9 Å². The van der Waals surface area contributed by atoms with Gasteiger partial charge in [-0.2, -0.15) is 0 Å². The Morgan fingerprint density at radius 3 is 2.31 bits per heavy atom. The fraction of sp³-hybridized carbons (Fsp3) is 0.556. The van der Waals surface area contributed by atoms with Crippen LogP contribution in [0.5, 0.6) is 0 Å². The summed E-state index contributed by atoms with van der Waals surface area (Å²) in [5, 5.41) is 16.1. The van der Waals surface area contributed by atoms with Gasteiger partial charge in [-0.25, -0.2) is 9.48 Å². The van der Waals surface area contributed by atoms with E-state index in [1.165, 1.54) is 4.68 Å². The Morgan fingerprint density at radius 1 is 1.38 bits per heavy atom. The van der Waals surface area contributed by atoms with Crippen molar-refractivity contribution >= 4 is 11.9 Å². The highest BCUT2D eigenvalue weighted by Gasteiger charge is 2.25. The van der Waals surface area contributed by atoms with Crippen molar-refractivity contribution in [2.24, 2.45) is 5.73 Å². The van der Waals surface area contributed by atoms with Gasteiger partial charge in [0.15, 0.2) is 5.69 Å². The lowest BCUT2D eigenvalue weighted by Crippen LogP contribution is -2.26. The second-order valence-electron chi connectivity index (χ2n) is 3.81. The van der Waals surface area contributed by atoms with E-state index in [-0.39, 0.29) is 11.6 Å². The van der Waals surface area contributed by atoms with Gasteiger partial charge in [-0.1, -0.05) is 19.1 Å². The molecule has 0 bridgehead atoms. The Kier molecular flexibility index (Phi) is 3.26. The summed E-state index contributed by atoms with van der Waals surface area (Å²) in [5.41, 5.74) is 5.41. The zero-order valence-electron chi connectivity index (χ0n) is 9.34. The molecular weight excluding hydrogens is 212 g/mol. The Bertz CT molecular complexity index is 424. The summed E-state index contributed by atoms with van der Waals surface area (Å²) in [6, 6.07) is -0.710. The second kappa shape index (κ2) is 4.30. The van der Waals surface area contributed by atoms with Crippen molar-refractivity contribution in [3.8, 4) is 0 Å². The number of nitrogens with zero attached hydrogens (tertiary/aromatic N) is 3. The number of aromatic carboxylic acids is 1. The molecule has 0 aliphatic carbocycles. The normalized spacial score (nSPS) is 12.8. The van der Waals surface area contributed by atoms with E-state index in [9.17, 15) is 9.59 Å². The van der Waals surface area contributed by atoms with E-state index >= 15 is 0 Å². The highest BCUT2D eigenvalue weighted by atomic mass is 16.4. The predicted molar refractivity (Wildman–Crippen MR) is 55.0 cm³/mol. The van der Waals surface area contributed by atoms with Crippen LogP contribution in [0.15, 0.2) is 0 Å². The highest BCUT2D eigenvalue weighted by Crippen LogP contribution is 2.20. The molecule has 88 valence electrons. The third kappa shape index (κ3) is 2.02. The minimum Gasteiger partial charge on any atom is -0.476 e. The average molecular weight is 226 g/mol. The average Bonchev–Trinajstić information content (AvgIpc) is 2.60. The van der Waals surface area contributed by atoms with Gasteiger partial charge in [0.25, 0.3) is 0 Å². The van der Waals surface area contributed by atoms with E-state index in [0.717, 1.165) is 0 Å². The van der Waals surface area contributed by atoms with Gasteiger partial charge < -0.3 is 10.8 Å². The first-order valence-electron chi connectivity index (χ1n) is 4.84. The van der Waals surface area contributed by atoms with Crippen LogP contribution < -0.4 is 5.73 Å². The van der Waals surface area contributed by atoms with Crippen molar-refractivity contribution < 1.29 is 14.7 Å². The van der Waals surface area contributed by atoms with Crippen molar-refractivity contribution in [3.05, 3.63) is 11.4 Å². The molecule has 1 heterocycles. The molecule has 1 aromatic heterocycles. The maximum absolute atomic E-state index is 11.0. The Morgan fingerprint density at radius 2 is 1.94 bits per heavy atom. The number of rotatable bonds is 4. The molecule has 0 aromatic carbocycles. The molecule has 7 nitrogen and oxygen atoms in total. The van der Waals surface area contributed by atoms with Gasteiger partial charge in [-0.3, -0.25) is 4.79 Å². The van der Waals surface area contributed by atoms with Gasteiger partial charge in [0.1, 0.15) is 6.04 Å². The largest absolute Gasteiger partial charge is 0.476 e. The quantitative estimate of drug-likeness (QED) is 0.758. The van der Waals surface area contributed by atoms with Crippen LogP contribution >= 0.6 is 0 Å². The lowest BCUT2D eigenvalue weighted by Gasteiger charge is -2.13. The highest BCUT2D eigenvalue weighted by molar-refractivity contribution is 5.87. The standard InChI is InChI=1S/C9H14N4O3/c1-4(2)7-6(9(15)16)11-12-13(7)5(3)8(10)14/h4-5H,1-3H3,(H2,10,14)(H,15,16). The van der Waals surface area contributed by atoms with Crippen LogP contribution in [0.2, 0.25) is 0 Å². The number of primary amides is 1. The van der Waals surface area contributed by atoms with E-state index < -0.39 is 17.9 Å². The van der Waals surface area contributed by atoms with Gasteiger partial charge in [0.05, 0.1) is 5.69 Å². The van der Waals surface area contributed by atoms with Crippen molar-refractivity contribution in [1.82, 2.24) is 15.0 Å².